The Morgan fingerprint density at radius 3 is 2.47 bits per heavy atom. The molecule has 3 aromatic carbocycles. The van der Waals surface area contributed by atoms with Gasteiger partial charge in [-0.15, -0.1) is 10.2 Å². The Kier molecular flexibility index (Phi) is 7.08. The second-order valence-corrected chi connectivity index (χ2v) is 9.14. The predicted octanol–water partition coefficient (Wildman–Crippen LogP) is 4.73. The number of hydrogen-bond donors (Lipinski definition) is 1. The molecule has 0 aliphatic rings. The fraction of sp³-hybridized carbons (Fsp3) is 0.241. The van der Waals surface area contributed by atoms with Crippen molar-refractivity contribution in [2.45, 2.75) is 39.7 Å². The highest BCUT2D eigenvalue weighted by Gasteiger charge is 2.21. The minimum atomic E-state index is -0.538. The summed E-state index contributed by atoms with van der Waals surface area (Å²) in [6, 6.07) is 19.5. The zero-order chi connectivity index (χ0) is 26.6. The van der Waals surface area contributed by atoms with Crippen molar-refractivity contribution < 1.29 is 9.53 Å². The first kappa shape index (κ1) is 25.0. The number of methoxy groups -OCH3 is 1. The van der Waals surface area contributed by atoms with E-state index in [-0.39, 0.29) is 11.1 Å². The van der Waals surface area contributed by atoms with E-state index in [4.69, 9.17) is 9.72 Å². The van der Waals surface area contributed by atoms with Crippen molar-refractivity contribution in [2.75, 3.05) is 7.11 Å². The molecule has 0 saturated heterocycles. The number of carbonyl (C=O) groups is 1. The van der Waals surface area contributed by atoms with Crippen LogP contribution in [0.3, 0.4) is 0 Å². The molecule has 0 unspecified atom stereocenters. The van der Waals surface area contributed by atoms with Crippen LogP contribution in [-0.2, 0) is 17.7 Å². The average Bonchev–Trinajstić information content (AvgIpc) is 3.49. The number of nitrogens with one attached hydrogen (secondary N) is 1. The minimum absolute atomic E-state index is 0.239. The van der Waals surface area contributed by atoms with Gasteiger partial charge in [0.25, 0.3) is 5.56 Å². The summed E-state index contributed by atoms with van der Waals surface area (Å²) >= 11 is 0. The maximum Gasteiger partial charge on any atom is 0.339 e. The maximum absolute atomic E-state index is 13.9. The molecule has 2 heterocycles. The zero-order valence-corrected chi connectivity index (χ0v) is 21.6. The molecule has 0 aliphatic heterocycles. The molecule has 9 nitrogen and oxygen atoms in total. The number of benzene rings is 3. The van der Waals surface area contributed by atoms with Crippen LogP contribution in [0.25, 0.3) is 33.4 Å². The largest absolute Gasteiger partial charge is 0.465 e. The van der Waals surface area contributed by atoms with Gasteiger partial charge in [0.1, 0.15) is 5.82 Å². The van der Waals surface area contributed by atoms with Crippen molar-refractivity contribution in [2.24, 2.45) is 0 Å². The number of nitrogens with zero attached hydrogens (tertiary/aromatic N) is 5. The third-order valence-electron chi connectivity index (χ3n) is 6.67. The number of hydrogen-bond acceptors (Lipinski definition) is 7. The molecule has 2 aromatic heterocycles. The molecule has 0 atom stereocenters. The molecule has 0 amide bonds. The summed E-state index contributed by atoms with van der Waals surface area (Å²) in [6.45, 7) is 4.24. The molecule has 5 aromatic rings. The van der Waals surface area contributed by atoms with E-state index in [2.05, 4.69) is 27.5 Å². The number of ether oxygens (including phenoxy) is 1. The molecule has 0 bridgehead atoms. The van der Waals surface area contributed by atoms with Crippen LogP contribution in [-0.4, -0.2) is 43.3 Å². The number of H-pyrrole nitrogens is 1. The monoisotopic (exact) mass is 508 g/mol. The molecule has 9 heteroatoms. The Bertz CT molecular complexity index is 1660. The van der Waals surface area contributed by atoms with E-state index in [0.29, 0.717) is 41.1 Å². The Balaban J connectivity index is 1.57. The minimum Gasteiger partial charge on any atom is -0.465 e. The van der Waals surface area contributed by atoms with Crippen molar-refractivity contribution in [1.82, 2.24) is 30.2 Å². The first-order valence-electron chi connectivity index (χ1n) is 12.5. The van der Waals surface area contributed by atoms with Crippen LogP contribution >= 0.6 is 0 Å². The summed E-state index contributed by atoms with van der Waals surface area (Å²) in [5.41, 5.74) is 5.01. The highest BCUT2D eigenvalue weighted by Crippen LogP contribution is 2.30. The van der Waals surface area contributed by atoms with E-state index in [0.717, 1.165) is 35.1 Å². The first-order chi connectivity index (χ1) is 18.5. The molecule has 0 spiro atoms. The SMILES string of the molecule is CCCCc1nc2ccc(C)c(C(=O)OC)c2c(=O)n1Cc1ccc(-c2ccccc2-c2nn[nH]n2)cc1. The van der Waals surface area contributed by atoms with Gasteiger partial charge in [-0.25, -0.2) is 9.78 Å². The van der Waals surface area contributed by atoms with Gasteiger partial charge in [-0.1, -0.05) is 67.9 Å². The van der Waals surface area contributed by atoms with E-state index in [1.165, 1.54) is 7.11 Å². The van der Waals surface area contributed by atoms with Crippen LogP contribution in [0.15, 0.2) is 65.5 Å². The quantitative estimate of drug-likeness (QED) is 0.301. The third-order valence-corrected chi connectivity index (χ3v) is 6.67. The molecule has 1 N–H and O–H groups in total. The van der Waals surface area contributed by atoms with Crippen LogP contribution in [0.4, 0.5) is 0 Å². The predicted molar refractivity (Wildman–Crippen MR) is 145 cm³/mol. The van der Waals surface area contributed by atoms with E-state index < -0.39 is 5.97 Å². The molecule has 38 heavy (non-hydrogen) atoms. The van der Waals surface area contributed by atoms with Crippen molar-refractivity contribution in [3.8, 4) is 22.5 Å². The van der Waals surface area contributed by atoms with Gasteiger partial charge in [-0.2, -0.15) is 5.21 Å². The average molecular weight is 509 g/mol. The number of rotatable bonds is 8. The topological polar surface area (TPSA) is 116 Å². The van der Waals surface area contributed by atoms with Crippen LogP contribution in [0, 0.1) is 6.92 Å². The summed E-state index contributed by atoms with van der Waals surface area (Å²) in [5, 5.41) is 14.7. The second-order valence-electron chi connectivity index (χ2n) is 9.14. The second kappa shape index (κ2) is 10.8. The lowest BCUT2D eigenvalue weighted by molar-refractivity contribution is 0.0602. The normalized spacial score (nSPS) is 11.1. The summed E-state index contributed by atoms with van der Waals surface area (Å²) in [4.78, 5) is 31.3. The van der Waals surface area contributed by atoms with Crippen molar-refractivity contribution in [3.05, 3.63) is 93.5 Å². The lowest BCUT2D eigenvalue weighted by Crippen LogP contribution is -2.28. The Morgan fingerprint density at radius 1 is 1.03 bits per heavy atom. The van der Waals surface area contributed by atoms with Crippen molar-refractivity contribution >= 4 is 16.9 Å². The van der Waals surface area contributed by atoms with Gasteiger partial charge in [0.05, 0.1) is 30.1 Å². The fourth-order valence-electron chi connectivity index (χ4n) is 4.69. The summed E-state index contributed by atoms with van der Waals surface area (Å²) in [6.07, 6.45) is 2.54. The number of carbonyl (C=O) groups excluding carboxylic acids is 1. The fourth-order valence-corrected chi connectivity index (χ4v) is 4.69. The first-order valence-corrected chi connectivity index (χ1v) is 12.5. The summed E-state index contributed by atoms with van der Waals surface area (Å²) < 4.78 is 6.68. The molecule has 0 radical (unpaired) electrons. The Hall–Kier alpha value is -4.66. The van der Waals surface area contributed by atoms with E-state index in [1.54, 1.807) is 23.6 Å². The van der Waals surface area contributed by atoms with Crippen LogP contribution in [0.5, 0.6) is 0 Å². The number of aromatic nitrogens is 6. The molecule has 0 fully saturated rings. The Labute approximate surface area is 219 Å². The Morgan fingerprint density at radius 2 is 1.79 bits per heavy atom. The maximum atomic E-state index is 13.9. The van der Waals surface area contributed by atoms with Crippen LogP contribution in [0.2, 0.25) is 0 Å². The van der Waals surface area contributed by atoms with Gasteiger partial charge in [0, 0.05) is 12.0 Å². The van der Waals surface area contributed by atoms with Gasteiger partial charge in [0.15, 0.2) is 0 Å². The van der Waals surface area contributed by atoms with E-state index in [1.807, 2.05) is 48.5 Å². The lowest BCUT2D eigenvalue weighted by Gasteiger charge is -2.16. The van der Waals surface area contributed by atoms with Gasteiger partial charge in [-0.3, -0.25) is 9.36 Å². The number of aryl methyl sites for hydroxylation is 2. The van der Waals surface area contributed by atoms with E-state index in [9.17, 15) is 9.59 Å². The van der Waals surface area contributed by atoms with Crippen molar-refractivity contribution in [3.63, 3.8) is 0 Å². The molecule has 192 valence electrons. The molecule has 0 aliphatic carbocycles. The molecular weight excluding hydrogens is 480 g/mol. The molecular formula is C29H28N6O3. The summed E-state index contributed by atoms with van der Waals surface area (Å²) in [5.74, 6) is 0.691. The number of fused-ring (bicyclic) bond motifs is 1. The molecule has 0 saturated carbocycles. The van der Waals surface area contributed by atoms with Gasteiger partial charge in [-0.05, 0) is 46.9 Å². The highest BCUT2D eigenvalue weighted by molar-refractivity contribution is 6.04. The lowest BCUT2D eigenvalue weighted by atomic mass is 9.98. The smallest absolute Gasteiger partial charge is 0.339 e. The van der Waals surface area contributed by atoms with Crippen LogP contribution in [0.1, 0.15) is 47.1 Å². The zero-order valence-electron chi connectivity index (χ0n) is 21.6. The molecule has 5 rings (SSSR count). The van der Waals surface area contributed by atoms with Gasteiger partial charge in [0.2, 0.25) is 5.82 Å². The highest BCUT2D eigenvalue weighted by atomic mass is 16.5. The number of esters is 1. The van der Waals surface area contributed by atoms with Crippen LogP contribution < -0.4 is 5.56 Å². The van der Waals surface area contributed by atoms with Gasteiger partial charge < -0.3 is 4.74 Å². The summed E-state index contributed by atoms with van der Waals surface area (Å²) in [7, 11) is 1.32. The standard InChI is InChI=1S/C29H28N6O3/c1-4-5-10-24-30-23-16-11-18(2)25(29(37)38-3)26(23)28(36)35(24)17-19-12-14-20(15-13-19)21-8-6-7-9-22(21)27-31-33-34-32-27/h6-9,11-16H,4-5,10,17H2,1-3H3,(H,31,32,33,34). The van der Waals surface area contributed by atoms with Crippen molar-refractivity contribution in [1.29, 1.82) is 0 Å². The van der Waals surface area contributed by atoms with Gasteiger partial charge >= 0.3 is 5.97 Å². The van der Waals surface area contributed by atoms with E-state index >= 15 is 0 Å². The third kappa shape index (κ3) is 4.70. The number of aromatic amines is 1. The number of tetrazole rings is 1. The number of unbranched alkanes of at least 4 members (excludes halogenated alkanes) is 1.